The number of anilines is 2. The fourth-order valence-electron chi connectivity index (χ4n) is 2.93. The molecule has 2 aromatic heterocycles. The van der Waals surface area contributed by atoms with Gasteiger partial charge in [0.2, 0.25) is 5.95 Å². The topological polar surface area (TPSA) is 159 Å². The standard InChI is InChI=1S/C13H17N5O5/c1-5-8(23-13(20)21)7(4-19)22-11(5)18-3-2-6-9(14)16-12(15)17-10(6)18/h2-3,5,7-8,11,19H,4H2,1H3,(H,20,21)(H4,14,15,16,17)/t5-,7+,8-,11+/m0/s1. The molecule has 0 saturated carbocycles. The lowest BCUT2D eigenvalue weighted by Gasteiger charge is -2.19. The summed E-state index contributed by atoms with van der Waals surface area (Å²) < 4.78 is 12.3. The number of hydrogen-bond donors (Lipinski definition) is 4. The van der Waals surface area contributed by atoms with E-state index < -0.39 is 24.6 Å². The zero-order valence-corrected chi connectivity index (χ0v) is 12.3. The van der Waals surface area contributed by atoms with E-state index in [-0.39, 0.29) is 24.3 Å². The number of nitrogens with two attached hydrogens (primary N) is 2. The quantitative estimate of drug-likeness (QED) is 0.578. The number of rotatable bonds is 3. The Labute approximate surface area is 130 Å². The molecule has 1 aliphatic heterocycles. The number of carboxylic acid groups (broad SMARTS) is 1. The molecule has 1 saturated heterocycles. The highest BCUT2D eigenvalue weighted by Gasteiger charge is 2.45. The van der Waals surface area contributed by atoms with Gasteiger partial charge in [0.15, 0.2) is 0 Å². The number of nitrogens with zero attached hydrogens (tertiary/aromatic N) is 3. The van der Waals surface area contributed by atoms with Crippen LogP contribution in [0, 0.1) is 5.92 Å². The number of hydrogen-bond acceptors (Lipinski definition) is 8. The third-order valence-electron chi connectivity index (χ3n) is 3.96. The maximum absolute atomic E-state index is 10.8. The van der Waals surface area contributed by atoms with Crippen LogP contribution in [0.5, 0.6) is 0 Å². The first kappa shape index (κ1) is 15.3. The maximum Gasteiger partial charge on any atom is 0.506 e. The van der Waals surface area contributed by atoms with Gasteiger partial charge in [-0.25, -0.2) is 4.79 Å². The van der Waals surface area contributed by atoms with E-state index in [9.17, 15) is 9.90 Å². The highest BCUT2D eigenvalue weighted by atomic mass is 16.7. The summed E-state index contributed by atoms with van der Waals surface area (Å²) in [5.41, 5.74) is 11.9. The molecule has 10 nitrogen and oxygen atoms in total. The number of aliphatic hydroxyl groups excluding tert-OH is 1. The lowest BCUT2D eigenvalue weighted by atomic mass is 10.0. The number of ether oxygens (including phenoxy) is 2. The molecule has 0 bridgehead atoms. The molecule has 6 N–H and O–H groups in total. The van der Waals surface area contributed by atoms with E-state index >= 15 is 0 Å². The van der Waals surface area contributed by atoms with Crippen molar-refractivity contribution in [3.63, 3.8) is 0 Å². The van der Waals surface area contributed by atoms with Gasteiger partial charge in [0.1, 0.15) is 29.9 Å². The first-order valence-corrected chi connectivity index (χ1v) is 6.97. The van der Waals surface area contributed by atoms with Crippen molar-refractivity contribution >= 4 is 29.0 Å². The van der Waals surface area contributed by atoms with Gasteiger partial charge in [0.25, 0.3) is 0 Å². The summed E-state index contributed by atoms with van der Waals surface area (Å²) in [6.45, 7) is 1.41. The minimum atomic E-state index is -1.42. The Kier molecular flexibility index (Phi) is 3.70. The van der Waals surface area contributed by atoms with Gasteiger partial charge < -0.3 is 35.7 Å². The molecule has 0 unspecified atom stereocenters. The molecule has 0 aliphatic carbocycles. The largest absolute Gasteiger partial charge is 0.506 e. The summed E-state index contributed by atoms with van der Waals surface area (Å²) in [5, 5.41) is 18.9. The van der Waals surface area contributed by atoms with Crippen molar-refractivity contribution in [3.05, 3.63) is 12.3 Å². The number of nitrogen functional groups attached to an aromatic ring is 2. The summed E-state index contributed by atoms with van der Waals surface area (Å²) in [5.74, 6) is -0.0807. The van der Waals surface area contributed by atoms with E-state index in [4.69, 9.17) is 26.0 Å². The highest BCUT2D eigenvalue weighted by molar-refractivity contribution is 5.87. The van der Waals surface area contributed by atoms with Crippen molar-refractivity contribution in [2.75, 3.05) is 18.1 Å². The molecule has 0 aromatic carbocycles. The molecule has 0 amide bonds. The van der Waals surface area contributed by atoms with E-state index in [0.29, 0.717) is 11.0 Å². The first-order valence-electron chi connectivity index (χ1n) is 6.97. The van der Waals surface area contributed by atoms with Gasteiger partial charge in [-0.05, 0) is 6.07 Å². The molecule has 4 atom stereocenters. The Morgan fingerprint density at radius 3 is 2.87 bits per heavy atom. The van der Waals surface area contributed by atoms with Crippen LogP contribution in [0.1, 0.15) is 13.2 Å². The Morgan fingerprint density at radius 2 is 2.22 bits per heavy atom. The fourth-order valence-corrected chi connectivity index (χ4v) is 2.93. The molecule has 1 aliphatic rings. The van der Waals surface area contributed by atoms with Crippen LogP contribution >= 0.6 is 0 Å². The van der Waals surface area contributed by atoms with E-state index in [1.165, 1.54) is 0 Å². The maximum atomic E-state index is 10.8. The number of fused-ring (bicyclic) bond motifs is 1. The molecular formula is C13H17N5O5. The van der Waals surface area contributed by atoms with Crippen LogP contribution in [-0.2, 0) is 9.47 Å². The molecule has 0 spiro atoms. The second kappa shape index (κ2) is 5.56. The minimum absolute atomic E-state index is 0.0256. The summed E-state index contributed by atoms with van der Waals surface area (Å²) in [6, 6.07) is 1.72. The zero-order chi connectivity index (χ0) is 16.7. The van der Waals surface area contributed by atoms with Crippen molar-refractivity contribution in [2.45, 2.75) is 25.4 Å². The molecule has 1 fully saturated rings. The lowest BCUT2D eigenvalue weighted by molar-refractivity contribution is -0.0516. The first-order chi connectivity index (χ1) is 10.9. The molecule has 3 rings (SSSR count). The zero-order valence-electron chi connectivity index (χ0n) is 12.3. The summed E-state index contributed by atoms with van der Waals surface area (Å²) in [7, 11) is 0. The summed E-state index contributed by atoms with van der Waals surface area (Å²) in [6.07, 6.45) is -1.86. The molecule has 124 valence electrons. The number of carbonyl (C=O) groups is 1. The monoisotopic (exact) mass is 323 g/mol. The van der Waals surface area contributed by atoms with Gasteiger partial charge in [-0.15, -0.1) is 0 Å². The Morgan fingerprint density at radius 1 is 1.48 bits per heavy atom. The average molecular weight is 323 g/mol. The molecule has 2 aromatic rings. The van der Waals surface area contributed by atoms with Gasteiger partial charge in [-0.1, -0.05) is 6.92 Å². The van der Waals surface area contributed by atoms with Crippen molar-refractivity contribution in [1.82, 2.24) is 14.5 Å². The third kappa shape index (κ3) is 2.51. The lowest BCUT2D eigenvalue weighted by Crippen LogP contribution is -2.33. The van der Waals surface area contributed by atoms with Crippen LogP contribution in [-0.4, -0.2) is 49.7 Å². The van der Waals surface area contributed by atoms with Gasteiger partial charge in [-0.3, -0.25) is 0 Å². The van der Waals surface area contributed by atoms with Crippen LogP contribution < -0.4 is 11.5 Å². The van der Waals surface area contributed by atoms with Gasteiger partial charge in [0, 0.05) is 12.1 Å². The van der Waals surface area contributed by atoms with Crippen molar-refractivity contribution < 1.29 is 24.5 Å². The Hall–Kier alpha value is -2.59. The third-order valence-corrected chi connectivity index (χ3v) is 3.96. The van der Waals surface area contributed by atoms with Crippen LogP contribution in [0.2, 0.25) is 0 Å². The SMILES string of the molecule is C[C@H]1[C@H](OC(=O)O)[C@@H](CO)O[C@H]1n1ccc2c(N)nc(N)nc21. The Bertz CT molecular complexity index is 748. The molecule has 10 heteroatoms. The van der Waals surface area contributed by atoms with Gasteiger partial charge >= 0.3 is 6.16 Å². The van der Waals surface area contributed by atoms with E-state index in [1.54, 1.807) is 23.8 Å². The second-order valence-electron chi connectivity index (χ2n) is 5.38. The molecule has 23 heavy (non-hydrogen) atoms. The Balaban J connectivity index is 2.00. The molecule has 3 heterocycles. The predicted molar refractivity (Wildman–Crippen MR) is 79.4 cm³/mol. The van der Waals surface area contributed by atoms with Crippen LogP contribution in [0.3, 0.4) is 0 Å². The van der Waals surface area contributed by atoms with Crippen LogP contribution in [0.25, 0.3) is 11.0 Å². The molecule has 0 radical (unpaired) electrons. The van der Waals surface area contributed by atoms with Crippen LogP contribution in [0.4, 0.5) is 16.6 Å². The normalized spacial score (nSPS) is 27.4. The van der Waals surface area contributed by atoms with E-state index in [0.717, 1.165) is 0 Å². The van der Waals surface area contributed by atoms with Crippen molar-refractivity contribution in [3.8, 4) is 0 Å². The fraction of sp³-hybridized carbons (Fsp3) is 0.462. The highest BCUT2D eigenvalue weighted by Crippen LogP contribution is 2.38. The van der Waals surface area contributed by atoms with Crippen molar-refractivity contribution in [2.24, 2.45) is 5.92 Å². The smallest absolute Gasteiger partial charge is 0.450 e. The van der Waals surface area contributed by atoms with Gasteiger partial charge in [0.05, 0.1) is 12.0 Å². The number of aliphatic hydroxyl groups is 1. The summed E-state index contributed by atoms with van der Waals surface area (Å²) >= 11 is 0. The van der Waals surface area contributed by atoms with Crippen molar-refractivity contribution in [1.29, 1.82) is 0 Å². The van der Waals surface area contributed by atoms with E-state index in [1.807, 2.05) is 0 Å². The van der Waals surface area contributed by atoms with E-state index in [2.05, 4.69) is 9.97 Å². The van der Waals surface area contributed by atoms with Crippen LogP contribution in [0.15, 0.2) is 12.3 Å². The number of aromatic nitrogens is 3. The average Bonchev–Trinajstić information content (AvgIpc) is 3.01. The molecular weight excluding hydrogens is 306 g/mol. The second-order valence-corrected chi connectivity index (χ2v) is 5.38. The van der Waals surface area contributed by atoms with Gasteiger partial charge in [-0.2, -0.15) is 9.97 Å². The summed E-state index contributed by atoms with van der Waals surface area (Å²) in [4.78, 5) is 18.9. The predicted octanol–water partition coefficient (Wildman–Crippen LogP) is 0.185. The minimum Gasteiger partial charge on any atom is -0.450 e.